The molecule has 0 aromatic rings. The molecule has 0 spiro atoms. The Morgan fingerprint density at radius 3 is 2.29 bits per heavy atom. The highest BCUT2D eigenvalue weighted by atomic mass is 16.8. The fourth-order valence-electron chi connectivity index (χ4n) is 5.17. The van der Waals surface area contributed by atoms with Crippen molar-refractivity contribution < 1.29 is 18.9 Å². The van der Waals surface area contributed by atoms with Crippen LogP contribution < -0.4 is 0 Å². The van der Waals surface area contributed by atoms with Crippen LogP contribution in [0.1, 0.15) is 46.5 Å². The molecule has 3 fully saturated rings. The molecule has 0 N–H and O–H groups in total. The van der Waals surface area contributed by atoms with Crippen molar-refractivity contribution in [3.8, 4) is 0 Å². The molecule has 0 bridgehead atoms. The van der Waals surface area contributed by atoms with Gasteiger partial charge in [-0.05, 0) is 44.4 Å². The van der Waals surface area contributed by atoms with Crippen molar-refractivity contribution >= 4 is 0 Å². The SMILES string of the molecule is CO[C@@H]1O[C@@H]2O[C@@H](C)CC[C@H]3[C@H](C)CC[C@@H]([C@H]1C)[C@@]23OC. The van der Waals surface area contributed by atoms with Crippen molar-refractivity contribution in [3.63, 3.8) is 0 Å². The predicted octanol–water partition coefficient (Wildman–Crippen LogP) is 3.20. The molecule has 1 aliphatic carbocycles. The Morgan fingerprint density at radius 1 is 0.905 bits per heavy atom. The van der Waals surface area contributed by atoms with Gasteiger partial charge in [-0.25, -0.2) is 0 Å². The Hall–Kier alpha value is -0.160. The van der Waals surface area contributed by atoms with Gasteiger partial charge < -0.3 is 18.9 Å². The second kappa shape index (κ2) is 5.80. The molecule has 0 aromatic carbocycles. The lowest BCUT2D eigenvalue weighted by atomic mass is 9.58. The average molecular weight is 298 g/mol. The first-order chi connectivity index (χ1) is 10.0. The van der Waals surface area contributed by atoms with Gasteiger partial charge in [-0.3, -0.25) is 0 Å². The number of hydrogen-bond donors (Lipinski definition) is 0. The van der Waals surface area contributed by atoms with Crippen molar-refractivity contribution in [2.24, 2.45) is 23.7 Å². The van der Waals surface area contributed by atoms with Gasteiger partial charge in [0.15, 0.2) is 12.6 Å². The maximum Gasteiger partial charge on any atom is 0.190 e. The van der Waals surface area contributed by atoms with Gasteiger partial charge in [0.1, 0.15) is 5.60 Å². The molecule has 122 valence electrons. The summed E-state index contributed by atoms with van der Waals surface area (Å²) in [5, 5.41) is 0. The van der Waals surface area contributed by atoms with Crippen LogP contribution >= 0.6 is 0 Å². The van der Waals surface area contributed by atoms with E-state index in [2.05, 4.69) is 20.8 Å². The molecule has 2 aliphatic heterocycles. The summed E-state index contributed by atoms with van der Waals surface area (Å²) in [5.41, 5.74) is -0.309. The zero-order valence-corrected chi connectivity index (χ0v) is 14.0. The van der Waals surface area contributed by atoms with Crippen LogP contribution in [0.3, 0.4) is 0 Å². The summed E-state index contributed by atoms with van der Waals surface area (Å²) in [6.07, 6.45) is 4.40. The van der Waals surface area contributed by atoms with Gasteiger partial charge in [-0.1, -0.05) is 13.8 Å². The second-order valence-corrected chi connectivity index (χ2v) is 7.28. The first-order valence-corrected chi connectivity index (χ1v) is 8.43. The maximum atomic E-state index is 6.25. The summed E-state index contributed by atoms with van der Waals surface area (Å²) in [5.74, 6) is 1.94. The minimum absolute atomic E-state index is 0.192. The fourth-order valence-corrected chi connectivity index (χ4v) is 5.17. The Balaban J connectivity index is 2.03. The summed E-state index contributed by atoms with van der Waals surface area (Å²) in [4.78, 5) is 0. The molecule has 4 nitrogen and oxygen atoms in total. The Labute approximate surface area is 128 Å². The fraction of sp³-hybridized carbons (Fsp3) is 1.00. The summed E-state index contributed by atoms with van der Waals surface area (Å²) in [7, 11) is 3.57. The third-order valence-electron chi connectivity index (χ3n) is 6.30. The topological polar surface area (TPSA) is 36.9 Å². The van der Waals surface area contributed by atoms with Gasteiger partial charge in [-0.15, -0.1) is 0 Å². The number of rotatable bonds is 2. The number of ether oxygens (including phenoxy) is 4. The minimum atomic E-state index is -0.309. The molecule has 0 aromatic heterocycles. The van der Waals surface area contributed by atoms with E-state index in [9.17, 15) is 0 Å². The van der Waals surface area contributed by atoms with Crippen molar-refractivity contribution in [2.45, 2.75) is 70.7 Å². The van der Waals surface area contributed by atoms with Crippen molar-refractivity contribution in [3.05, 3.63) is 0 Å². The second-order valence-electron chi connectivity index (χ2n) is 7.28. The van der Waals surface area contributed by atoms with E-state index in [-0.39, 0.29) is 24.3 Å². The molecule has 2 saturated heterocycles. The van der Waals surface area contributed by atoms with Crippen LogP contribution in [0.5, 0.6) is 0 Å². The summed E-state index contributed by atoms with van der Waals surface area (Å²) in [6.45, 7) is 6.74. The Morgan fingerprint density at radius 2 is 1.62 bits per heavy atom. The van der Waals surface area contributed by atoms with Gasteiger partial charge in [0, 0.05) is 26.1 Å². The van der Waals surface area contributed by atoms with Crippen LogP contribution in [0.25, 0.3) is 0 Å². The van der Waals surface area contributed by atoms with E-state index in [0.717, 1.165) is 12.8 Å². The van der Waals surface area contributed by atoms with E-state index in [1.54, 1.807) is 7.11 Å². The lowest BCUT2D eigenvalue weighted by Gasteiger charge is -2.58. The van der Waals surface area contributed by atoms with Crippen molar-refractivity contribution in [2.75, 3.05) is 14.2 Å². The molecule has 3 rings (SSSR count). The van der Waals surface area contributed by atoms with Gasteiger partial charge in [0.2, 0.25) is 0 Å². The lowest BCUT2D eigenvalue weighted by Crippen LogP contribution is -2.67. The Bertz CT molecular complexity index is 374. The molecule has 8 atom stereocenters. The highest BCUT2D eigenvalue weighted by Gasteiger charge is 2.63. The normalized spacial score (nSPS) is 53.9. The van der Waals surface area contributed by atoms with E-state index < -0.39 is 0 Å². The van der Waals surface area contributed by atoms with Crippen molar-refractivity contribution in [1.29, 1.82) is 0 Å². The molecule has 0 unspecified atom stereocenters. The molecular weight excluding hydrogens is 268 g/mol. The molecule has 0 radical (unpaired) electrons. The third kappa shape index (κ3) is 2.26. The number of hydrogen-bond acceptors (Lipinski definition) is 4. The minimum Gasteiger partial charge on any atom is -0.372 e. The lowest BCUT2D eigenvalue weighted by molar-refractivity contribution is -0.383. The van der Waals surface area contributed by atoms with Gasteiger partial charge in [0.05, 0.1) is 6.10 Å². The van der Waals surface area contributed by atoms with Crippen LogP contribution in [0, 0.1) is 23.7 Å². The molecule has 2 heterocycles. The zero-order valence-electron chi connectivity index (χ0n) is 14.0. The van der Waals surface area contributed by atoms with E-state index in [1.807, 2.05) is 7.11 Å². The van der Waals surface area contributed by atoms with Crippen molar-refractivity contribution in [1.82, 2.24) is 0 Å². The molecule has 3 aliphatic rings. The summed E-state index contributed by atoms with van der Waals surface area (Å²) >= 11 is 0. The Kier molecular flexibility index (Phi) is 4.34. The van der Waals surface area contributed by atoms with E-state index in [0.29, 0.717) is 23.7 Å². The van der Waals surface area contributed by atoms with Crippen LogP contribution in [-0.4, -0.2) is 38.5 Å². The average Bonchev–Trinajstić information content (AvgIpc) is 2.62. The van der Waals surface area contributed by atoms with Gasteiger partial charge >= 0.3 is 0 Å². The van der Waals surface area contributed by atoms with E-state index in [4.69, 9.17) is 18.9 Å². The van der Waals surface area contributed by atoms with Crippen LogP contribution in [-0.2, 0) is 18.9 Å². The molecule has 0 amide bonds. The van der Waals surface area contributed by atoms with Gasteiger partial charge in [0.25, 0.3) is 0 Å². The van der Waals surface area contributed by atoms with E-state index in [1.165, 1.54) is 12.8 Å². The molecule has 1 saturated carbocycles. The highest BCUT2D eigenvalue weighted by Crippen LogP contribution is 2.56. The monoisotopic (exact) mass is 298 g/mol. The number of methoxy groups -OCH3 is 2. The first kappa shape index (κ1) is 15.7. The third-order valence-corrected chi connectivity index (χ3v) is 6.30. The molecule has 21 heavy (non-hydrogen) atoms. The van der Waals surface area contributed by atoms with Gasteiger partial charge in [-0.2, -0.15) is 0 Å². The largest absolute Gasteiger partial charge is 0.372 e. The highest BCUT2D eigenvalue weighted by molar-refractivity contribution is 5.07. The quantitative estimate of drug-likeness (QED) is 0.784. The van der Waals surface area contributed by atoms with Crippen LogP contribution in [0.4, 0.5) is 0 Å². The standard InChI is InChI=1S/C17H30O4/c1-10-6-8-14-12(3)15(18-4)21-16-17(14,19-5)13(10)9-7-11(2)20-16/h10-16H,6-9H2,1-5H3/t10-,11+,12-,13+,14+,15-,16+,17-/m1/s1. The van der Waals surface area contributed by atoms with Crippen LogP contribution in [0.15, 0.2) is 0 Å². The summed E-state index contributed by atoms with van der Waals surface area (Å²) in [6, 6.07) is 0. The van der Waals surface area contributed by atoms with E-state index >= 15 is 0 Å². The first-order valence-electron chi connectivity index (χ1n) is 8.43. The molecule has 4 heteroatoms. The zero-order chi connectivity index (χ0) is 15.2. The van der Waals surface area contributed by atoms with Crippen LogP contribution in [0.2, 0.25) is 0 Å². The maximum absolute atomic E-state index is 6.25. The smallest absolute Gasteiger partial charge is 0.190 e. The predicted molar refractivity (Wildman–Crippen MR) is 79.7 cm³/mol. The molecular formula is C17H30O4. The summed E-state index contributed by atoms with van der Waals surface area (Å²) < 4.78 is 24.2.